The van der Waals surface area contributed by atoms with Gasteiger partial charge in [-0.15, -0.1) is 0 Å². The van der Waals surface area contributed by atoms with Crippen LogP contribution in [0.3, 0.4) is 0 Å². The van der Waals surface area contributed by atoms with Crippen molar-refractivity contribution in [3.05, 3.63) is 6.43 Å². The molecule has 14 heteroatoms. The highest BCUT2D eigenvalue weighted by Crippen LogP contribution is 2.61. The van der Waals surface area contributed by atoms with Gasteiger partial charge >= 0.3 is 42.0 Å². The van der Waals surface area contributed by atoms with Gasteiger partial charge in [0.25, 0.3) is 0 Å². The fraction of sp³-hybridized carbons (Fsp3) is 0.875. The second-order valence-electron chi connectivity index (χ2n) is 4.02. The van der Waals surface area contributed by atoms with Crippen LogP contribution >= 0.6 is 0 Å². The first kappa shape index (κ1) is 21.0. The Morgan fingerprint density at radius 2 is 0.773 bits per heavy atom. The van der Waals surface area contributed by atoms with Crippen LogP contribution < -0.4 is 0 Å². The molecule has 0 atom stereocenters. The van der Waals surface area contributed by atoms with Crippen molar-refractivity contribution in [2.45, 2.75) is 42.5 Å². The maximum absolute atomic E-state index is 12.7. The molecule has 0 aliphatic carbocycles. The van der Waals surface area contributed by atoms with Gasteiger partial charge in [-0.25, -0.2) is 0 Å². The van der Waals surface area contributed by atoms with Gasteiger partial charge in [-0.2, -0.15) is 61.5 Å². The Morgan fingerprint density at radius 1 is 0.500 bits per heavy atom. The van der Waals surface area contributed by atoms with E-state index in [1.807, 2.05) is 0 Å². The number of halogens is 14. The first-order valence-corrected chi connectivity index (χ1v) is 4.65. The zero-order valence-corrected chi connectivity index (χ0v) is 9.79. The molecule has 0 unspecified atom stereocenters. The van der Waals surface area contributed by atoms with Gasteiger partial charge < -0.3 is 0 Å². The van der Waals surface area contributed by atoms with Crippen molar-refractivity contribution in [2.24, 2.45) is 0 Å². The molecule has 0 nitrogen and oxygen atoms in total. The van der Waals surface area contributed by atoms with Crippen LogP contribution in [0.5, 0.6) is 0 Å². The lowest BCUT2D eigenvalue weighted by Gasteiger charge is -2.40. The van der Waals surface area contributed by atoms with Gasteiger partial charge in [-0.1, -0.05) is 0 Å². The molecule has 0 aromatic carbocycles. The second kappa shape index (κ2) is 5.01. The van der Waals surface area contributed by atoms with Crippen molar-refractivity contribution in [1.29, 1.82) is 0 Å². The predicted molar refractivity (Wildman–Crippen MR) is 40.8 cm³/mol. The Labute approximate surface area is 112 Å². The molecule has 0 aromatic heterocycles. The van der Waals surface area contributed by atoms with Crippen molar-refractivity contribution < 1.29 is 61.5 Å². The molecule has 0 aliphatic rings. The highest BCUT2D eigenvalue weighted by atomic mass is 19.4. The molecular formula is C8H3F14. The highest BCUT2D eigenvalue weighted by Gasteiger charge is 2.90. The van der Waals surface area contributed by atoms with Crippen LogP contribution in [0.2, 0.25) is 0 Å². The summed E-state index contributed by atoms with van der Waals surface area (Å²) in [6.45, 7) is -1.09. The van der Waals surface area contributed by atoms with Crippen LogP contribution in [-0.4, -0.2) is 35.5 Å². The number of rotatable bonds is 6. The topological polar surface area (TPSA) is 0 Å². The first-order chi connectivity index (χ1) is 9.19. The van der Waals surface area contributed by atoms with E-state index < -0.39 is 48.9 Å². The molecule has 22 heavy (non-hydrogen) atoms. The molecule has 0 rings (SSSR count). The number of alkyl halides is 12. The maximum atomic E-state index is 12.7. The summed E-state index contributed by atoms with van der Waals surface area (Å²) >= 11 is 0. The predicted octanol–water partition coefficient (Wildman–Crippen LogP) is 5.25. The van der Waals surface area contributed by atoms with E-state index in [-0.39, 0.29) is 0 Å². The molecule has 0 spiro atoms. The third-order valence-electron chi connectivity index (χ3n) is 2.37. The first-order valence-electron chi connectivity index (χ1n) is 4.65. The Kier molecular flexibility index (Phi) is 4.79. The van der Waals surface area contributed by atoms with E-state index >= 15 is 0 Å². The Bertz CT molecular complexity index is 402. The standard InChI is InChI=1S/C8H3F14/c1-3(11,12)5(15,16)7(19,20)8(21,22)6(17,18)4(13,14)2(9)10/h1H3. The molecule has 0 N–H and O–H groups in total. The van der Waals surface area contributed by atoms with Gasteiger partial charge in [0.2, 0.25) is 0 Å². The minimum Gasteiger partial charge on any atom is -0.200 e. The molecule has 0 saturated carbocycles. The normalized spacial score (nSPS) is 16.4. The lowest BCUT2D eigenvalue weighted by molar-refractivity contribution is -0.424. The summed E-state index contributed by atoms with van der Waals surface area (Å²) in [6, 6.07) is 0. The molecular weight excluding hydrogens is 362 g/mol. The van der Waals surface area contributed by atoms with Crippen LogP contribution in [0.4, 0.5) is 61.5 Å². The van der Waals surface area contributed by atoms with E-state index in [4.69, 9.17) is 0 Å². The molecule has 0 heterocycles. The number of hydrogen-bond donors (Lipinski definition) is 0. The number of hydrogen-bond acceptors (Lipinski definition) is 0. The minimum atomic E-state index is -7.95. The van der Waals surface area contributed by atoms with Gasteiger partial charge in [-0.3, -0.25) is 0 Å². The largest absolute Gasteiger partial charge is 0.385 e. The van der Waals surface area contributed by atoms with Crippen LogP contribution in [0, 0.1) is 6.43 Å². The summed E-state index contributed by atoms with van der Waals surface area (Å²) in [5.74, 6) is -44.1. The lowest BCUT2D eigenvalue weighted by atomic mass is 9.92. The summed E-state index contributed by atoms with van der Waals surface area (Å²) in [7, 11) is 0. The van der Waals surface area contributed by atoms with E-state index in [0.29, 0.717) is 0 Å². The minimum absolute atomic E-state index is 1.09. The maximum Gasteiger partial charge on any atom is 0.385 e. The molecule has 1 radical (unpaired) electrons. The lowest BCUT2D eigenvalue weighted by Crippen LogP contribution is -2.70. The third kappa shape index (κ3) is 2.47. The van der Waals surface area contributed by atoms with Crippen LogP contribution in [0.1, 0.15) is 6.92 Å². The van der Waals surface area contributed by atoms with Gasteiger partial charge in [0, 0.05) is 6.92 Å². The summed E-state index contributed by atoms with van der Waals surface area (Å²) in [4.78, 5) is 0. The van der Waals surface area contributed by atoms with E-state index in [2.05, 4.69) is 0 Å². The molecule has 133 valence electrons. The summed E-state index contributed by atoms with van der Waals surface area (Å²) in [5, 5.41) is 0. The van der Waals surface area contributed by atoms with Gasteiger partial charge in [-0.05, 0) is 0 Å². The summed E-state index contributed by atoms with van der Waals surface area (Å²) in [5.41, 5.74) is 0. The highest BCUT2D eigenvalue weighted by molar-refractivity contribution is 5.13. The van der Waals surface area contributed by atoms with E-state index in [0.717, 1.165) is 0 Å². The van der Waals surface area contributed by atoms with Crippen molar-refractivity contribution >= 4 is 0 Å². The Morgan fingerprint density at radius 3 is 1.00 bits per heavy atom. The van der Waals surface area contributed by atoms with Crippen molar-refractivity contribution in [2.75, 3.05) is 0 Å². The smallest absolute Gasteiger partial charge is 0.200 e. The SMILES string of the molecule is CC(F)(F)C(F)(F)C(F)(F)C(F)(F)C(F)(F)C(F)(F)[C](F)F. The van der Waals surface area contributed by atoms with Crippen molar-refractivity contribution in [1.82, 2.24) is 0 Å². The summed E-state index contributed by atoms with van der Waals surface area (Å²) in [6.07, 6.45) is -4.81. The molecule has 0 aliphatic heterocycles. The van der Waals surface area contributed by atoms with Gasteiger partial charge in [0.15, 0.2) is 0 Å². The molecule has 0 bridgehead atoms. The Hall–Kier alpha value is -0.980. The van der Waals surface area contributed by atoms with Gasteiger partial charge in [0.05, 0.1) is 0 Å². The molecule has 0 aromatic rings. The third-order valence-corrected chi connectivity index (χ3v) is 2.37. The monoisotopic (exact) mass is 365 g/mol. The zero-order valence-electron chi connectivity index (χ0n) is 9.79. The van der Waals surface area contributed by atoms with Crippen molar-refractivity contribution in [3.8, 4) is 0 Å². The average Bonchev–Trinajstić information content (AvgIpc) is 2.25. The van der Waals surface area contributed by atoms with Crippen LogP contribution in [0.25, 0.3) is 0 Å². The second-order valence-corrected chi connectivity index (χ2v) is 4.02. The fourth-order valence-corrected chi connectivity index (χ4v) is 0.986. The van der Waals surface area contributed by atoms with Crippen LogP contribution in [-0.2, 0) is 0 Å². The zero-order chi connectivity index (χ0) is 18.6. The van der Waals surface area contributed by atoms with Gasteiger partial charge in [0.1, 0.15) is 0 Å². The van der Waals surface area contributed by atoms with E-state index in [1.165, 1.54) is 0 Å². The van der Waals surface area contributed by atoms with E-state index in [9.17, 15) is 61.5 Å². The van der Waals surface area contributed by atoms with Crippen LogP contribution in [0.15, 0.2) is 0 Å². The van der Waals surface area contributed by atoms with E-state index in [1.54, 1.807) is 0 Å². The quantitative estimate of drug-likeness (QED) is 0.565. The molecule has 0 saturated heterocycles. The average molecular weight is 365 g/mol. The fourth-order valence-electron chi connectivity index (χ4n) is 0.986. The Balaban J connectivity index is 6.24. The molecule has 0 fully saturated rings. The van der Waals surface area contributed by atoms with Crippen molar-refractivity contribution in [3.63, 3.8) is 0 Å². The summed E-state index contributed by atoms with van der Waals surface area (Å²) < 4.78 is 173. The molecule has 0 amide bonds.